The van der Waals surface area contributed by atoms with Gasteiger partial charge in [0.2, 0.25) is 0 Å². The normalized spacial score (nSPS) is 15.8. The molecule has 0 fully saturated rings. The number of nitrogens with zero attached hydrogens (tertiary/aromatic N) is 1. The molecule has 0 aliphatic heterocycles. The van der Waals surface area contributed by atoms with Crippen LogP contribution in [0.15, 0.2) is 6.07 Å². The zero-order chi connectivity index (χ0) is 10.7. The van der Waals surface area contributed by atoms with Crippen LogP contribution in [0.25, 0.3) is 0 Å². The fourth-order valence-electron chi connectivity index (χ4n) is 2.47. The van der Waals surface area contributed by atoms with Crippen LogP contribution in [-0.2, 0) is 19.3 Å². The van der Waals surface area contributed by atoms with Crippen LogP contribution in [0.4, 0.5) is 5.82 Å². The van der Waals surface area contributed by atoms with Gasteiger partial charge < -0.3 is 5.73 Å². The third-order valence-corrected chi connectivity index (χ3v) is 3.18. The maximum absolute atomic E-state index is 5.85. The van der Waals surface area contributed by atoms with Crippen molar-refractivity contribution < 1.29 is 0 Å². The summed E-state index contributed by atoms with van der Waals surface area (Å²) in [6, 6.07) is 2.08. The zero-order valence-electron chi connectivity index (χ0n) is 9.55. The molecule has 1 aliphatic rings. The summed E-state index contributed by atoms with van der Waals surface area (Å²) in [4.78, 5) is 4.50. The topological polar surface area (TPSA) is 38.9 Å². The summed E-state index contributed by atoms with van der Waals surface area (Å²) in [6.07, 6.45) is 8.60. The highest BCUT2D eigenvalue weighted by atomic mass is 14.8. The number of nitrogens with two attached hydrogens (primary N) is 1. The van der Waals surface area contributed by atoms with E-state index in [0.29, 0.717) is 5.82 Å². The fraction of sp³-hybridized carbons (Fsp3) is 0.615. The van der Waals surface area contributed by atoms with Crippen molar-refractivity contribution in [2.24, 2.45) is 0 Å². The van der Waals surface area contributed by atoms with Gasteiger partial charge in [0.15, 0.2) is 0 Å². The Morgan fingerprint density at radius 1 is 1.27 bits per heavy atom. The number of hydrogen-bond acceptors (Lipinski definition) is 2. The van der Waals surface area contributed by atoms with Crippen LogP contribution in [-0.4, -0.2) is 4.98 Å². The molecule has 2 rings (SSSR count). The third-order valence-electron chi connectivity index (χ3n) is 3.18. The summed E-state index contributed by atoms with van der Waals surface area (Å²) >= 11 is 0. The van der Waals surface area contributed by atoms with Crippen LogP contribution < -0.4 is 5.73 Å². The van der Waals surface area contributed by atoms with Crippen molar-refractivity contribution in [2.45, 2.75) is 51.9 Å². The van der Waals surface area contributed by atoms with Gasteiger partial charge >= 0.3 is 0 Å². The highest BCUT2D eigenvalue weighted by molar-refractivity contribution is 5.42. The van der Waals surface area contributed by atoms with Gasteiger partial charge in [0.05, 0.1) is 0 Å². The van der Waals surface area contributed by atoms with Crippen molar-refractivity contribution in [3.05, 3.63) is 22.9 Å². The second kappa shape index (κ2) is 4.65. The Morgan fingerprint density at radius 3 is 2.87 bits per heavy atom. The number of fused-ring (bicyclic) bond motifs is 1. The molecule has 0 amide bonds. The molecule has 1 aromatic heterocycles. The standard InChI is InChI=1S/C13H20N2/c1-2-6-12-11-8-5-3-4-7-10(11)9-13(14)15-12/h9H,2-8H2,1H3,(H2,14,15). The Bertz CT molecular complexity index is 345. The van der Waals surface area contributed by atoms with Crippen molar-refractivity contribution >= 4 is 5.82 Å². The summed E-state index contributed by atoms with van der Waals surface area (Å²) in [6.45, 7) is 2.20. The van der Waals surface area contributed by atoms with Gasteiger partial charge in [0.25, 0.3) is 0 Å². The number of aryl methyl sites for hydroxylation is 2. The van der Waals surface area contributed by atoms with E-state index in [2.05, 4.69) is 18.0 Å². The van der Waals surface area contributed by atoms with E-state index in [1.54, 1.807) is 0 Å². The average molecular weight is 204 g/mol. The smallest absolute Gasteiger partial charge is 0.123 e. The molecule has 0 bridgehead atoms. The van der Waals surface area contributed by atoms with E-state index in [0.717, 1.165) is 12.8 Å². The molecule has 0 atom stereocenters. The Kier molecular flexibility index (Phi) is 3.24. The van der Waals surface area contributed by atoms with Gasteiger partial charge in [-0.1, -0.05) is 19.8 Å². The van der Waals surface area contributed by atoms with Crippen LogP contribution in [0.3, 0.4) is 0 Å². The van der Waals surface area contributed by atoms with Gasteiger partial charge in [0, 0.05) is 5.69 Å². The molecule has 0 aromatic carbocycles. The Labute approximate surface area is 91.9 Å². The highest BCUT2D eigenvalue weighted by Gasteiger charge is 2.13. The van der Waals surface area contributed by atoms with E-state index in [-0.39, 0.29) is 0 Å². The van der Waals surface area contributed by atoms with Crippen LogP contribution in [0, 0.1) is 0 Å². The second-order valence-electron chi connectivity index (χ2n) is 4.44. The number of aromatic nitrogens is 1. The predicted molar refractivity (Wildman–Crippen MR) is 63.9 cm³/mol. The highest BCUT2D eigenvalue weighted by Crippen LogP contribution is 2.25. The van der Waals surface area contributed by atoms with E-state index >= 15 is 0 Å². The Hall–Kier alpha value is -1.05. The summed E-state index contributed by atoms with van der Waals surface area (Å²) in [7, 11) is 0. The average Bonchev–Trinajstić information content (AvgIpc) is 2.43. The van der Waals surface area contributed by atoms with E-state index in [1.165, 1.54) is 48.9 Å². The van der Waals surface area contributed by atoms with Crippen molar-refractivity contribution in [3.63, 3.8) is 0 Å². The van der Waals surface area contributed by atoms with Gasteiger partial charge in [-0.05, 0) is 49.3 Å². The quantitative estimate of drug-likeness (QED) is 0.752. The van der Waals surface area contributed by atoms with Crippen molar-refractivity contribution in [2.75, 3.05) is 5.73 Å². The SMILES string of the molecule is CCCc1nc(N)cc2c1CCCCC2. The summed E-state index contributed by atoms with van der Waals surface area (Å²) in [5, 5.41) is 0. The van der Waals surface area contributed by atoms with Gasteiger partial charge in [-0.2, -0.15) is 0 Å². The molecular formula is C13H20N2. The first kappa shape index (κ1) is 10.5. The minimum absolute atomic E-state index is 0.708. The maximum Gasteiger partial charge on any atom is 0.123 e. The first-order chi connectivity index (χ1) is 7.31. The lowest BCUT2D eigenvalue weighted by molar-refractivity contribution is 0.709. The molecule has 1 aliphatic carbocycles. The zero-order valence-corrected chi connectivity index (χ0v) is 9.55. The van der Waals surface area contributed by atoms with E-state index in [1.807, 2.05) is 0 Å². The number of pyridine rings is 1. The molecule has 15 heavy (non-hydrogen) atoms. The Morgan fingerprint density at radius 2 is 2.07 bits per heavy atom. The molecule has 2 nitrogen and oxygen atoms in total. The molecular weight excluding hydrogens is 184 g/mol. The summed E-state index contributed by atoms with van der Waals surface area (Å²) in [5.41, 5.74) is 10.1. The minimum atomic E-state index is 0.708. The first-order valence-corrected chi connectivity index (χ1v) is 6.08. The molecule has 1 heterocycles. The van der Waals surface area contributed by atoms with Gasteiger partial charge in [0.1, 0.15) is 5.82 Å². The fourth-order valence-corrected chi connectivity index (χ4v) is 2.47. The molecule has 0 radical (unpaired) electrons. The molecule has 2 heteroatoms. The molecule has 1 aromatic rings. The maximum atomic E-state index is 5.85. The largest absolute Gasteiger partial charge is 0.384 e. The monoisotopic (exact) mass is 204 g/mol. The van der Waals surface area contributed by atoms with Crippen LogP contribution in [0.1, 0.15) is 49.4 Å². The number of anilines is 1. The van der Waals surface area contributed by atoms with Crippen molar-refractivity contribution in [3.8, 4) is 0 Å². The molecule has 0 spiro atoms. The molecule has 2 N–H and O–H groups in total. The number of rotatable bonds is 2. The lowest BCUT2D eigenvalue weighted by atomic mass is 9.99. The van der Waals surface area contributed by atoms with Crippen LogP contribution in [0.5, 0.6) is 0 Å². The van der Waals surface area contributed by atoms with Gasteiger partial charge in [-0.15, -0.1) is 0 Å². The van der Waals surface area contributed by atoms with E-state index in [4.69, 9.17) is 5.73 Å². The summed E-state index contributed by atoms with van der Waals surface area (Å²) in [5.74, 6) is 0.708. The van der Waals surface area contributed by atoms with Crippen LogP contribution >= 0.6 is 0 Å². The van der Waals surface area contributed by atoms with E-state index < -0.39 is 0 Å². The van der Waals surface area contributed by atoms with Gasteiger partial charge in [-0.3, -0.25) is 0 Å². The summed E-state index contributed by atoms with van der Waals surface area (Å²) < 4.78 is 0. The molecule has 82 valence electrons. The molecule has 0 unspecified atom stereocenters. The Balaban J connectivity index is 2.40. The minimum Gasteiger partial charge on any atom is -0.384 e. The first-order valence-electron chi connectivity index (χ1n) is 6.08. The van der Waals surface area contributed by atoms with Gasteiger partial charge in [-0.25, -0.2) is 4.98 Å². The third kappa shape index (κ3) is 2.31. The van der Waals surface area contributed by atoms with Crippen LogP contribution in [0.2, 0.25) is 0 Å². The lowest BCUT2D eigenvalue weighted by Gasteiger charge is -2.12. The van der Waals surface area contributed by atoms with E-state index in [9.17, 15) is 0 Å². The molecule has 0 saturated carbocycles. The van der Waals surface area contributed by atoms with Crippen molar-refractivity contribution in [1.82, 2.24) is 4.98 Å². The predicted octanol–water partition coefficient (Wildman–Crippen LogP) is 2.89. The number of nitrogen functional groups attached to an aromatic ring is 1. The number of hydrogen-bond donors (Lipinski definition) is 1. The lowest BCUT2D eigenvalue weighted by Crippen LogP contribution is -2.05. The molecule has 0 saturated heterocycles. The van der Waals surface area contributed by atoms with Crippen molar-refractivity contribution in [1.29, 1.82) is 0 Å². The second-order valence-corrected chi connectivity index (χ2v) is 4.44.